The van der Waals surface area contributed by atoms with Crippen molar-refractivity contribution in [2.24, 2.45) is 0 Å². The van der Waals surface area contributed by atoms with Gasteiger partial charge in [0.05, 0.1) is 0 Å². The molecule has 30 heavy (non-hydrogen) atoms. The first-order valence-electron chi connectivity index (χ1n) is 10.1. The molecule has 2 N–H and O–H groups in total. The minimum absolute atomic E-state index is 0.162. The van der Waals surface area contributed by atoms with E-state index in [1.807, 2.05) is 71.0 Å². The third-order valence-electron chi connectivity index (χ3n) is 5.39. The van der Waals surface area contributed by atoms with Crippen molar-refractivity contribution in [1.29, 1.82) is 0 Å². The number of amides is 2. The summed E-state index contributed by atoms with van der Waals surface area (Å²) in [6.07, 6.45) is 2.22. The summed E-state index contributed by atoms with van der Waals surface area (Å²) in [5, 5.41) is 10.2. The number of carbonyl (C=O) groups excluding carboxylic acids is 2. The van der Waals surface area contributed by atoms with Crippen molar-refractivity contribution in [3.63, 3.8) is 0 Å². The number of aromatic nitrogens is 2. The number of hydrogen-bond acceptors (Lipinski definition) is 3. The lowest BCUT2D eigenvalue weighted by molar-refractivity contribution is -0.119. The van der Waals surface area contributed by atoms with Gasteiger partial charge in [-0.2, -0.15) is 5.10 Å². The molecule has 0 saturated heterocycles. The highest BCUT2D eigenvalue weighted by atomic mass is 16.2. The highest BCUT2D eigenvalue weighted by Gasteiger charge is 2.21. The van der Waals surface area contributed by atoms with Crippen molar-refractivity contribution in [1.82, 2.24) is 9.78 Å². The fraction of sp³-hybridized carbons (Fsp3) is 0.292. The van der Waals surface area contributed by atoms with Gasteiger partial charge in [-0.25, -0.2) is 0 Å². The smallest absolute Gasteiger partial charge is 0.276 e. The minimum atomic E-state index is -0.505. The first kappa shape index (κ1) is 21.3. The quantitative estimate of drug-likeness (QED) is 0.610. The predicted octanol–water partition coefficient (Wildman–Crippen LogP) is 4.96. The Bertz CT molecular complexity index is 1080. The van der Waals surface area contributed by atoms with E-state index >= 15 is 0 Å². The number of nitrogens with zero attached hydrogens (tertiary/aromatic N) is 2. The lowest BCUT2D eigenvalue weighted by Gasteiger charge is -2.16. The summed E-state index contributed by atoms with van der Waals surface area (Å²) in [5.74, 6) is -0.466. The molecule has 0 aliphatic heterocycles. The number of anilines is 2. The van der Waals surface area contributed by atoms with E-state index in [1.165, 1.54) is 5.56 Å². The third-order valence-corrected chi connectivity index (χ3v) is 5.39. The van der Waals surface area contributed by atoms with Crippen LogP contribution in [0.3, 0.4) is 0 Å². The van der Waals surface area contributed by atoms with Gasteiger partial charge in [0, 0.05) is 17.6 Å². The Labute approximate surface area is 177 Å². The number of benzene rings is 2. The average molecular weight is 405 g/mol. The molecule has 156 valence electrons. The first-order valence-corrected chi connectivity index (χ1v) is 10.1. The van der Waals surface area contributed by atoms with Crippen LogP contribution in [0.5, 0.6) is 0 Å². The minimum Gasteiger partial charge on any atom is -0.324 e. The number of hydrogen-bond donors (Lipinski definition) is 2. The van der Waals surface area contributed by atoms with Gasteiger partial charge in [-0.15, -0.1) is 0 Å². The molecule has 1 aromatic heterocycles. The Hall–Kier alpha value is -3.41. The van der Waals surface area contributed by atoms with Gasteiger partial charge in [0.25, 0.3) is 5.91 Å². The number of carbonyl (C=O) groups is 2. The molecule has 2 amide bonds. The Balaban J connectivity index is 1.71. The van der Waals surface area contributed by atoms with E-state index in [-0.39, 0.29) is 17.5 Å². The average Bonchev–Trinajstić information content (AvgIpc) is 3.18. The zero-order valence-electron chi connectivity index (χ0n) is 18.1. The van der Waals surface area contributed by atoms with E-state index in [4.69, 9.17) is 0 Å². The van der Waals surface area contributed by atoms with Gasteiger partial charge in [-0.3, -0.25) is 14.3 Å². The van der Waals surface area contributed by atoms with Crippen LogP contribution in [0.15, 0.2) is 48.7 Å². The molecule has 1 heterocycles. The van der Waals surface area contributed by atoms with Crippen molar-refractivity contribution < 1.29 is 9.59 Å². The molecule has 3 aromatic rings. The van der Waals surface area contributed by atoms with Gasteiger partial charge in [-0.05, 0) is 86.7 Å². The number of rotatable bonds is 6. The Morgan fingerprint density at radius 1 is 0.867 bits per heavy atom. The SMILES string of the molecule is CCC(C(=O)Nc1ccc(C)c(C)c1)n1ccc(C(=O)Nc2ccc(C)c(C)c2)n1. The molecule has 2 aromatic carbocycles. The van der Waals surface area contributed by atoms with Crippen molar-refractivity contribution in [2.75, 3.05) is 10.6 Å². The van der Waals surface area contributed by atoms with Crippen LogP contribution < -0.4 is 10.6 Å². The fourth-order valence-corrected chi connectivity index (χ4v) is 3.18. The van der Waals surface area contributed by atoms with Crippen molar-refractivity contribution in [3.8, 4) is 0 Å². The summed E-state index contributed by atoms with van der Waals surface area (Å²) in [4.78, 5) is 25.4. The van der Waals surface area contributed by atoms with E-state index in [1.54, 1.807) is 16.9 Å². The van der Waals surface area contributed by atoms with Gasteiger partial charge >= 0.3 is 0 Å². The largest absolute Gasteiger partial charge is 0.324 e. The van der Waals surface area contributed by atoms with Gasteiger partial charge in [-0.1, -0.05) is 19.1 Å². The van der Waals surface area contributed by atoms with E-state index in [2.05, 4.69) is 15.7 Å². The van der Waals surface area contributed by atoms with E-state index in [0.717, 1.165) is 28.1 Å². The van der Waals surface area contributed by atoms with Crippen LogP contribution in [0, 0.1) is 27.7 Å². The van der Waals surface area contributed by atoms with E-state index < -0.39 is 6.04 Å². The van der Waals surface area contributed by atoms with Crippen molar-refractivity contribution in [3.05, 3.63) is 76.6 Å². The molecule has 0 spiro atoms. The van der Waals surface area contributed by atoms with Crippen LogP contribution in [-0.4, -0.2) is 21.6 Å². The fourth-order valence-electron chi connectivity index (χ4n) is 3.18. The van der Waals surface area contributed by atoms with Crippen LogP contribution in [0.25, 0.3) is 0 Å². The molecular weight excluding hydrogens is 376 g/mol. The van der Waals surface area contributed by atoms with Crippen LogP contribution in [0.2, 0.25) is 0 Å². The molecule has 3 rings (SSSR count). The van der Waals surface area contributed by atoms with Crippen molar-refractivity contribution in [2.45, 2.75) is 47.1 Å². The van der Waals surface area contributed by atoms with Crippen LogP contribution >= 0.6 is 0 Å². The highest BCUT2D eigenvalue weighted by molar-refractivity contribution is 6.03. The first-order chi connectivity index (χ1) is 14.3. The summed E-state index contributed by atoms with van der Waals surface area (Å²) < 4.78 is 1.55. The molecule has 1 unspecified atom stereocenters. The molecule has 0 saturated carbocycles. The highest BCUT2D eigenvalue weighted by Crippen LogP contribution is 2.19. The zero-order chi connectivity index (χ0) is 21.8. The molecule has 0 radical (unpaired) electrons. The number of nitrogens with one attached hydrogen (secondary N) is 2. The summed E-state index contributed by atoms with van der Waals surface area (Å²) in [6, 6.07) is 12.7. The molecule has 6 nitrogen and oxygen atoms in total. The Morgan fingerprint density at radius 2 is 1.43 bits per heavy atom. The van der Waals surface area contributed by atoms with Gasteiger partial charge in [0.1, 0.15) is 6.04 Å². The molecule has 0 bridgehead atoms. The lowest BCUT2D eigenvalue weighted by atomic mass is 10.1. The lowest BCUT2D eigenvalue weighted by Crippen LogP contribution is -2.26. The zero-order valence-corrected chi connectivity index (χ0v) is 18.1. The molecular formula is C24H28N4O2. The monoisotopic (exact) mass is 404 g/mol. The Kier molecular flexibility index (Phi) is 6.35. The summed E-state index contributed by atoms with van der Waals surface area (Å²) in [5.41, 5.74) is 6.30. The summed E-state index contributed by atoms with van der Waals surface area (Å²) >= 11 is 0. The standard InChI is InChI=1S/C24H28N4O2/c1-6-22(24(30)26-20-10-8-16(3)18(5)14-20)28-12-11-21(27-28)23(29)25-19-9-7-15(2)17(4)13-19/h7-14,22H,6H2,1-5H3,(H,25,29)(H,26,30). The Morgan fingerprint density at radius 3 is 1.97 bits per heavy atom. The molecule has 1 atom stereocenters. The molecule has 0 aliphatic carbocycles. The predicted molar refractivity (Wildman–Crippen MR) is 120 cm³/mol. The summed E-state index contributed by atoms with van der Waals surface area (Å²) in [6.45, 7) is 9.98. The molecule has 0 aliphatic rings. The second kappa shape index (κ2) is 8.95. The molecule has 6 heteroatoms. The van der Waals surface area contributed by atoms with Crippen LogP contribution in [-0.2, 0) is 4.79 Å². The second-order valence-electron chi connectivity index (χ2n) is 7.65. The maximum atomic E-state index is 12.8. The van der Waals surface area contributed by atoms with E-state index in [9.17, 15) is 9.59 Å². The van der Waals surface area contributed by atoms with E-state index in [0.29, 0.717) is 6.42 Å². The van der Waals surface area contributed by atoms with Gasteiger partial charge < -0.3 is 10.6 Å². The summed E-state index contributed by atoms with van der Waals surface area (Å²) in [7, 11) is 0. The van der Waals surface area contributed by atoms with Crippen LogP contribution in [0.4, 0.5) is 11.4 Å². The topological polar surface area (TPSA) is 76.0 Å². The third kappa shape index (κ3) is 4.76. The van der Waals surface area contributed by atoms with Crippen LogP contribution in [0.1, 0.15) is 52.1 Å². The van der Waals surface area contributed by atoms with Gasteiger partial charge in [0.15, 0.2) is 5.69 Å². The second-order valence-corrected chi connectivity index (χ2v) is 7.65. The van der Waals surface area contributed by atoms with Crippen molar-refractivity contribution >= 4 is 23.2 Å². The maximum absolute atomic E-state index is 12.8. The molecule has 0 fully saturated rings. The normalized spacial score (nSPS) is 11.8. The maximum Gasteiger partial charge on any atom is 0.276 e. The number of aryl methyl sites for hydroxylation is 4. The van der Waals surface area contributed by atoms with Gasteiger partial charge in [0.2, 0.25) is 5.91 Å².